The Morgan fingerprint density at radius 1 is 1.57 bits per heavy atom. The summed E-state index contributed by atoms with van der Waals surface area (Å²) in [4.78, 5) is 11.7. The van der Waals surface area contributed by atoms with Crippen LogP contribution in [0.25, 0.3) is 0 Å². The van der Waals surface area contributed by atoms with Gasteiger partial charge < -0.3 is 9.84 Å². The first-order valence-electron chi connectivity index (χ1n) is 5.14. The molecular weight excluding hydrogens is 295 g/mol. The molecule has 4 heteroatoms. The molecule has 2 aliphatic heterocycles. The van der Waals surface area contributed by atoms with Crippen molar-refractivity contribution >= 4 is 28.6 Å². The average molecular weight is 310 g/mol. The number of aliphatic hydroxyl groups excluding tert-OH is 1. The van der Waals surface area contributed by atoms with E-state index in [1.54, 1.807) is 0 Å². The summed E-state index contributed by atoms with van der Waals surface area (Å²) in [6.45, 7) is 0. The molecule has 0 aromatic heterocycles. The molecule has 1 N–H and O–H groups in total. The minimum absolute atomic E-state index is 0.135. The van der Waals surface area contributed by atoms with E-state index in [4.69, 9.17) is 4.74 Å². The highest BCUT2D eigenvalue weighted by Crippen LogP contribution is 2.47. The van der Waals surface area contributed by atoms with Gasteiger partial charge in [-0.05, 0) is 32.1 Å². The molecule has 0 aromatic carbocycles. The molecule has 2 bridgehead atoms. The van der Waals surface area contributed by atoms with Gasteiger partial charge in [0, 0.05) is 4.43 Å². The van der Waals surface area contributed by atoms with Crippen molar-refractivity contribution in [3.63, 3.8) is 0 Å². The van der Waals surface area contributed by atoms with Gasteiger partial charge in [0.15, 0.2) is 0 Å². The Balaban J connectivity index is 2.15. The Morgan fingerprint density at radius 2 is 2.21 bits per heavy atom. The first kappa shape index (κ1) is 10.7. The topological polar surface area (TPSA) is 46.5 Å². The number of alkyl halides is 1. The summed E-state index contributed by atoms with van der Waals surface area (Å²) in [5.74, 6) is -0.155. The van der Waals surface area contributed by atoms with E-state index in [9.17, 15) is 9.90 Å². The third-order valence-electron chi connectivity index (χ3n) is 3.53. The second kappa shape index (κ2) is 3.96. The summed E-state index contributed by atoms with van der Waals surface area (Å²) in [5, 5.41) is 10.0. The van der Waals surface area contributed by atoms with Gasteiger partial charge >= 0.3 is 5.97 Å². The van der Waals surface area contributed by atoms with Gasteiger partial charge in [0.05, 0.1) is 11.5 Å². The van der Waals surface area contributed by atoms with Crippen LogP contribution in [0.3, 0.4) is 0 Å². The smallest absolute Gasteiger partial charge is 0.314 e. The Hall–Kier alpha value is 0.160. The van der Waals surface area contributed by atoms with Crippen LogP contribution in [0, 0.1) is 5.41 Å². The van der Waals surface area contributed by atoms with Crippen LogP contribution in [0.15, 0.2) is 0 Å². The Bertz CT molecular complexity index is 234. The number of hydrogen-bond acceptors (Lipinski definition) is 3. The van der Waals surface area contributed by atoms with Crippen LogP contribution >= 0.6 is 22.6 Å². The van der Waals surface area contributed by atoms with Crippen LogP contribution < -0.4 is 0 Å². The number of aliphatic hydroxyl groups is 1. The van der Waals surface area contributed by atoms with Crippen LogP contribution in [0.5, 0.6) is 0 Å². The normalized spacial score (nSPS) is 38.1. The SMILES string of the molecule is O=C1OC2CCC1([C@@H](O)CCI)CC2. The predicted molar refractivity (Wildman–Crippen MR) is 60.3 cm³/mol. The lowest BCUT2D eigenvalue weighted by atomic mass is 9.66. The Morgan fingerprint density at radius 3 is 2.71 bits per heavy atom. The fourth-order valence-electron chi connectivity index (χ4n) is 2.55. The van der Waals surface area contributed by atoms with Crippen molar-refractivity contribution in [1.82, 2.24) is 0 Å². The van der Waals surface area contributed by atoms with Crippen molar-refractivity contribution in [1.29, 1.82) is 0 Å². The van der Waals surface area contributed by atoms with Crippen LogP contribution in [0.4, 0.5) is 0 Å². The van der Waals surface area contributed by atoms with E-state index in [-0.39, 0.29) is 12.1 Å². The van der Waals surface area contributed by atoms with Crippen molar-refractivity contribution < 1.29 is 14.6 Å². The molecule has 3 rings (SSSR count). The van der Waals surface area contributed by atoms with Gasteiger partial charge in [0.2, 0.25) is 0 Å². The van der Waals surface area contributed by atoms with Gasteiger partial charge in [-0.3, -0.25) is 4.79 Å². The number of fused-ring (bicyclic) bond motifs is 3. The lowest BCUT2D eigenvalue weighted by molar-refractivity contribution is -0.194. The van der Waals surface area contributed by atoms with E-state index in [1.807, 2.05) is 0 Å². The second-order valence-corrected chi connectivity index (χ2v) is 5.33. The van der Waals surface area contributed by atoms with E-state index in [0.717, 1.165) is 30.1 Å². The summed E-state index contributed by atoms with van der Waals surface area (Å²) in [7, 11) is 0. The predicted octanol–water partition coefficient (Wildman–Crippen LogP) is 1.66. The maximum atomic E-state index is 11.7. The molecule has 3 nitrogen and oxygen atoms in total. The maximum absolute atomic E-state index is 11.7. The fraction of sp³-hybridized carbons (Fsp3) is 0.900. The zero-order valence-corrected chi connectivity index (χ0v) is 10.2. The van der Waals surface area contributed by atoms with Gasteiger partial charge in [-0.15, -0.1) is 0 Å². The average Bonchev–Trinajstić information content (AvgIpc) is 2.19. The molecule has 80 valence electrons. The quantitative estimate of drug-likeness (QED) is 0.490. The van der Waals surface area contributed by atoms with Crippen molar-refractivity contribution in [2.75, 3.05) is 4.43 Å². The van der Waals surface area contributed by atoms with E-state index in [2.05, 4.69) is 22.6 Å². The van der Waals surface area contributed by atoms with Crippen molar-refractivity contribution in [3.8, 4) is 0 Å². The summed E-state index contributed by atoms with van der Waals surface area (Å²) >= 11 is 2.23. The Kier molecular flexibility index (Phi) is 3.02. The minimum atomic E-state index is -0.556. The standard InChI is InChI=1S/C10H15IO3/c11-6-3-8(12)10-4-1-7(2-5-10)14-9(10)13/h7-8,12H,1-6H2/t7?,8-,10?/m0/s1. The van der Waals surface area contributed by atoms with Crippen molar-refractivity contribution in [3.05, 3.63) is 0 Å². The van der Waals surface area contributed by atoms with Gasteiger partial charge in [-0.2, -0.15) is 0 Å². The number of carbonyl (C=O) groups excluding carboxylic acids is 1. The van der Waals surface area contributed by atoms with Crippen LogP contribution in [0.1, 0.15) is 32.1 Å². The van der Waals surface area contributed by atoms with E-state index >= 15 is 0 Å². The molecule has 0 radical (unpaired) electrons. The monoisotopic (exact) mass is 310 g/mol. The van der Waals surface area contributed by atoms with Crippen LogP contribution in [-0.4, -0.2) is 27.7 Å². The largest absolute Gasteiger partial charge is 0.462 e. The highest BCUT2D eigenvalue weighted by molar-refractivity contribution is 14.1. The van der Waals surface area contributed by atoms with Gasteiger partial charge in [0.1, 0.15) is 6.10 Å². The van der Waals surface area contributed by atoms with E-state index in [0.29, 0.717) is 6.42 Å². The summed E-state index contributed by atoms with van der Waals surface area (Å²) in [6.07, 6.45) is 3.82. The van der Waals surface area contributed by atoms with Gasteiger partial charge in [-0.1, -0.05) is 22.6 Å². The Labute approximate surface area is 97.3 Å². The number of halogens is 1. The molecule has 1 saturated carbocycles. The molecule has 0 unspecified atom stereocenters. The number of ether oxygens (including phenoxy) is 1. The first-order chi connectivity index (χ1) is 6.69. The summed E-state index contributed by atoms with van der Waals surface area (Å²) < 4.78 is 6.14. The molecule has 14 heavy (non-hydrogen) atoms. The minimum Gasteiger partial charge on any atom is -0.462 e. The fourth-order valence-corrected chi connectivity index (χ4v) is 3.14. The first-order valence-corrected chi connectivity index (χ1v) is 6.67. The van der Waals surface area contributed by atoms with Crippen LogP contribution in [0.2, 0.25) is 0 Å². The van der Waals surface area contributed by atoms with E-state index in [1.165, 1.54) is 0 Å². The molecule has 2 saturated heterocycles. The third kappa shape index (κ3) is 1.56. The maximum Gasteiger partial charge on any atom is 0.314 e. The molecule has 1 atom stereocenters. The van der Waals surface area contributed by atoms with Crippen molar-refractivity contribution in [2.24, 2.45) is 5.41 Å². The molecular formula is C10H15IO3. The van der Waals surface area contributed by atoms with Crippen LogP contribution in [-0.2, 0) is 9.53 Å². The number of carbonyl (C=O) groups is 1. The van der Waals surface area contributed by atoms with Crippen molar-refractivity contribution in [2.45, 2.75) is 44.3 Å². The number of esters is 1. The molecule has 3 aliphatic rings. The molecule has 0 spiro atoms. The molecule has 1 aliphatic carbocycles. The molecule has 3 fully saturated rings. The zero-order valence-electron chi connectivity index (χ0n) is 8.04. The van der Waals surface area contributed by atoms with Gasteiger partial charge in [0.25, 0.3) is 0 Å². The van der Waals surface area contributed by atoms with E-state index < -0.39 is 11.5 Å². The van der Waals surface area contributed by atoms with Gasteiger partial charge in [-0.25, -0.2) is 0 Å². The molecule has 2 heterocycles. The number of hydrogen-bond donors (Lipinski definition) is 1. The summed E-state index contributed by atoms with van der Waals surface area (Å²) in [6, 6.07) is 0. The third-order valence-corrected chi connectivity index (χ3v) is 4.15. The molecule has 0 aromatic rings. The lowest BCUT2D eigenvalue weighted by Crippen LogP contribution is -2.53. The second-order valence-electron chi connectivity index (χ2n) is 4.25. The highest BCUT2D eigenvalue weighted by atomic mass is 127. The summed E-state index contributed by atoms with van der Waals surface area (Å²) in [5.41, 5.74) is -0.556. The number of rotatable bonds is 3. The molecule has 0 amide bonds. The highest BCUT2D eigenvalue weighted by Gasteiger charge is 2.53. The lowest BCUT2D eigenvalue weighted by Gasteiger charge is -2.46. The zero-order chi connectivity index (χ0) is 10.2.